The SMILES string of the molecule is CN(CC1COc2ccccc2O1)C(=O)C1CC(c2ccccc2)NN1. The highest BCUT2D eigenvalue weighted by atomic mass is 16.6. The van der Waals surface area contributed by atoms with E-state index in [1.54, 1.807) is 4.90 Å². The molecule has 0 spiro atoms. The summed E-state index contributed by atoms with van der Waals surface area (Å²) in [5.41, 5.74) is 7.53. The topological polar surface area (TPSA) is 62.8 Å². The minimum Gasteiger partial charge on any atom is -0.486 e. The van der Waals surface area contributed by atoms with E-state index in [2.05, 4.69) is 23.0 Å². The zero-order valence-corrected chi connectivity index (χ0v) is 14.7. The smallest absolute Gasteiger partial charge is 0.241 e. The molecule has 2 aromatic rings. The number of ether oxygens (including phenoxy) is 2. The number of likely N-dealkylation sites (N-methyl/N-ethyl adjacent to an activating group) is 1. The fraction of sp³-hybridized carbons (Fsp3) is 0.350. The number of benzene rings is 2. The minimum atomic E-state index is -0.248. The van der Waals surface area contributed by atoms with Crippen molar-refractivity contribution in [3.63, 3.8) is 0 Å². The molecular formula is C20H23N3O3. The number of nitrogens with one attached hydrogen (secondary N) is 2. The van der Waals surface area contributed by atoms with E-state index in [-0.39, 0.29) is 24.1 Å². The van der Waals surface area contributed by atoms with Crippen LogP contribution < -0.4 is 20.3 Å². The van der Waals surface area contributed by atoms with Crippen LogP contribution in [0, 0.1) is 0 Å². The van der Waals surface area contributed by atoms with Crippen molar-refractivity contribution in [3.8, 4) is 11.5 Å². The number of carbonyl (C=O) groups is 1. The Bertz CT molecular complexity index is 768. The van der Waals surface area contributed by atoms with E-state index in [9.17, 15) is 4.79 Å². The van der Waals surface area contributed by atoms with Gasteiger partial charge in [-0.05, 0) is 24.1 Å². The predicted octanol–water partition coefficient (Wildman–Crippen LogP) is 1.89. The number of nitrogens with zero attached hydrogens (tertiary/aromatic N) is 1. The lowest BCUT2D eigenvalue weighted by atomic mass is 10.0. The summed E-state index contributed by atoms with van der Waals surface area (Å²) in [7, 11) is 1.81. The first-order chi connectivity index (χ1) is 12.7. The number of amides is 1. The van der Waals surface area contributed by atoms with Crippen molar-refractivity contribution in [1.29, 1.82) is 0 Å². The minimum absolute atomic E-state index is 0.0541. The van der Waals surface area contributed by atoms with Crippen LogP contribution in [-0.4, -0.2) is 43.2 Å². The molecule has 6 nitrogen and oxygen atoms in total. The van der Waals surface area contributed by atoms with E-state index in [4.69, 9.17) is 9.47 Å². The van der Waals surface area contributed by atoms with E-state index < -0.39 is 0 Å². The molecule has 0 aliphatic carbocycles. The van der Waals surface area contributed by atoms with Crippen LogP contribution >= 0.6 is 0 Å². The highest BCUT2D eigenvalue weighted by Crippen LogP contribution is 2.31. The average molecular weight is 353 g/mol. The van der Waals surface area contributed by atoms with Crippen LogP contribution in [-0.2, 0) is 4.79 Å². The number of hydrogen-bond acceptors (Lipinski definition) is 5. The van der Waals surface area contributed by atoms with Crippen LogP contribution in [0.1, 0.15) is 18.0 Å². The Hall–Kier alpha value is -2.57. The predicted molar refractivity (Wildman–Crippen MR) is 97.8 cm³/mol. The van der Waals surface area contributed by atoms with Gasteiger partial charge in [0.05, 0.1) is 6.54 Å². The Morgan fingerprint density at radius 2 is 1.81 bits per heavy atom. The summed E-state index contributed by atoms with van der Waals surface area (Å²) in [6, 6.07) is 17.6. The van der Waals surface area contributed by atoms with Crippen molar-refractivity contribution >= 4 is 5.91 Å². The van der Waals surface area contributed by atoms with Gasteiger partial charge in [0.2, 0.25) is 5.91 Å². The molecule has 2 aliphatic rings. The third-order valence-electron chi connectivity index (χ3n) is 4.82. The van der Waals surface area contributed by atoms with Gasteiger partial charge in [-0.2, -0.15) is 0 Å². The number of fused-ring (bicyclic) bond motifs is 1. The Morgan fingerprint density at radius 3 is 2.62 bits per heavy atom. The molecule has 0 aromatic heterocycles. The van der Waals surface area contributed by atoms with Crippen LogP contribution in [0.4, 0.5) is 0 Å². The molecule has 2 heterocycles. The van der Waals surface area contributed by atoms with Gasteiger partial charge >= 0.3 is 0 Å². The Morgan fingerprint density at radius 1 is 1.08 bits per heavy atom. The number of hydrogen-bond donors (Lipinski definition) is 2. The summed E-state index contributed by atoms with van der Waals surface area (Å²) in [5, 5.41) is 0. The van der Waals surface area contributed by atoms with Crippen molar-refractivity contribution < 1.29 is 14.3 Å². The first-order valence-electron chi connectivity index (χ1n) is 8.90. The molecule has 6 heteroatoms. The van der Waals surface area contributed by atoms with Crippen LogP contribution in [0.2, 0.25) is 0 Å². The van der Waals surface area contributed by atoms with Crippen molar-refractivity contribution in [1.82, 2.24) is 15.8 Å². The van der Waals surface area contributed by atoms with Gasteiger partial charge in [-0.15, -0.1) is 0 Å². The first kappa shape index (κ1) is 16.9. The monoisotopic (exact) mass is 353 g/mol. The molecule has 136 valence electrons. The molecule has 4 rings (SSSR count). The van der Waals surface area contributed by atoms with Crippen molar-refractivity contribution in [3.05, 3.63) is 60.2 Å². The summed E-state index contributed by atoms with van der Waals surface area (Å²) >= 11 is 0. The molecule has 0 saturated carbocycles. The van der Waals surface area contributed by atoms with Crippen LogP contribution in [0.25, 0.3) is 0 Å². The third kappa shape index (κ3) is 3.52. The van der Waals surface area contributed by atoms with Crippen LogP contribution in [0.3, 0.4) is 0 Å². The maximum absolute atomic E-state index is 12.8. The maximum atomic E-state index is 12.8. The van der Waals surface area contributed by atoms with Gasteiger partial charge in [0, 0.05) is 13.1 Å². The standard InChI is InChI=1S/C20H23N3O3/c1-23(12-15-13-25-18-9-5-6-10-19(18)26-15)20(24)17-11-16(21-22-17)14-7-3-2-4-8-14/h2-10,15-17,21-22H,11-13H2,1H3. The molecule has 1 amide bonds. The van der Waals surface area contributed by atoms with Gasteiger partial charge in [0.1, 0.15) is 12.6 Å². The molecule has 3 unspecified atom stereocenters. The molecule has 0 bridgehead atoms. The summed E-state index contributed by atoms with van der Waals surface area (Å²) in [4.78, 5) is 14.5. The third-order valence-corrected chi connectivity index (χ3v) is 4.82. The van der Waals surface area contributed by atoms with Crippen molar-refractivity contribution in [2.75, 3.05) is 20.2 Å². The molecule has 0 radical (unpaired) electrons. The molecule has 1 fully saturated rings. The van der Waals surface area contributed by atoms with E-state index in [1.165, 1.54) is 5.56 Å². The molecule has 2 N–H and O–H groups in total. The van der Waals surface area contributed by atoms with Gasteiger partial charge < -0.3 is 14.4 Å². The highest BCUT2D eigenvalue weighted by Gasteiger charge is 2.33. The lowest BCUT2D eigenvalue weighted by Crippen LogP contribution is -2.48. The lowest BCUT2D eigenvalue weighted by molar-refractivity contribution is -0.133. The fourth-order valence-corrected chi connectivity index (χ4v) is 3.44. The second-order valence-corrected chi connectivity index (χ2v) is 6.76. The molecule has 26 heavy (non-hydrogen) atoms. The van der Waals surface area contributed by atoms with Gasteiger partial charge in [-0.25, -0.2) is 10.9 Å². The average Bonchev–Trinajstić information content (AvgIpc) is 3.18. The quantitative estimate of drug-likeness (QED) is 0.879. The van der Waals surface area contributed by atoms with Crippen molar-refractivity contribution in [2.24, 2.45) is 0 Å². The second kappa shape index (κ2) is 7.35. The zero-order chi connectivity index (χ0) is 17.9. The number of hydrazine groups is 1. The fourth-order valence-electron chi connectivity index (χ4n) is 3.44. The molecule has 2 aromatic carbocycles. The molecular weight excluding hydrogens is 330 g/mol. The number of carbonyl (C=O) groups excluding carboxylic acids is 1. The summed E-state index contributed by atoms with van der Waals surface area (Å²) in [6.07, 6.45) is 0.552. The van der Waals surface area contributed by atoms with Gasteiger partial charge in [-0.3, -0.25) is 4.79 Å². The summed E-state index contributed by atoms with van der Waals surface area (Å²) in [5.74, 6) is 1.54. The van der Waals surface area contributed by atoms with Gasteiger partial charge in [0.15, 0.2) is 17.6 Å². The Kier molecular flexibility index (Phi) is 4.77. The second-order valence-electron chi connectivity index (χ2n) is 6.76. The van der Waals surface area contributed by atoms with E-state index >= 15 is 0 Å². The van der Waals surface area contributed by atoms with Crippen LogP contribution in [0.5, 0.6) is 11.5 Å². The molecule has 2 aliphatic heterocycles. The largest absolute Gasteiger partial charge is 0.486 e. The van der Waals surface area contributed by atoms with Gasteiger partial charge in [0.25, 0.3) is 0 Å². The van der Waals surface area contributed by atoms with E-state index in [1.807, 2.05) is 49.5 Å². The van der Waals surface area contributed by atoms with Crippen LogP contribution in [0.15, 0.2) is 54.6 Å². The zero-order valence-electron chi connectivity index (χ0n) is 14.7. The highest BCUT2D eigenvalue weighted by molar-refractivity contribution is 5.82. The van der Waals surface area contributed by atoms with E-state index in [0.29, 0.717) is 13.2 Å². The maximum Gasteiger partial charge on any atom is 0.241 e. The Balaban J connectivity index is 1.33. The molecule has 1 saturated heterocycles. The number of rotatable bonds is 4. The summed E-state index contributed by atoms with van der Waals surface area (Å²) < 4.78 is 11.7. The van der Waals surface area contributed by atoms with Crippen molar-refractivity contribution in [2.45, 2.75) is 24.6 Å². The number of para-hydroxylation sites is 2. The summed E-state index contributed by atoms with van der Waals surface area (Å²) in [6.45, 7) is 0.930. The molecule has 3 atom stereocenters. The normalized spacial score (nSPS) is 24.3. The Labute approximate surface area is 153 Å². The van der Waals surface area contributed by atoms with E-state index in [0.717, 1.165) is 17.9 Å². The van der Waals surface area contributed by atoms with Gasteiger partial charge in [-0.1, -0.05) is 42.5 Å². The first-order valence-corrected chi connectivity index (χ1v) is 8.90. The lowest BCUT2D eigenvalue weighted by Gasteiger charge is -2.30.